The van der Waals surface area contributed by atoms with Crippen LogP contribution in [0.25, 0.3) is 76.9 Å². The standard InChI is InChI=1S/C40H26N2/c1-3-12-27(13-4-1)31-19-11-14-28-24-30(22-23-32(28)31)42-38-21-10-8-18-34(38)36-25-35-33-17-7-9-20-37(33)41(39(35)26-40(36)42)29-15-5-2-6-16-29/h1-26H. The van der Waals surface area contributed by atoms with Gasteiger partial charge in [0, 0.05) is 32.9 Å². The number of fused-ring (bicyclic) bond motifs is 7. The van der Waals surface area contributed by atoms with Crippen LogP contribution < -0.4 is 0 Å². The monoisotopic (exact) mass is 534 g/mol. The van der Waals surface area contributed by atoms with Gasteiger partial charge >= 0.3 is 0 Å². The first-order valence-electron chi connectivity index (χ1n) is 14.5. The van der Waals surface area contributed by atoms with Gasteiger partial charge in [0.1, 0.15) is 0 Å². The fourth-order valence-electron chi connectivity index (χ4n) is 6.84. The Morgan fingerprint density at radius 2 is 0.905 bits per heavy atom. The third kappa shape index (κ3) is 3.33. The molecule has 0 amide bonds. The van der Waals surface area contributed by atoms with Gasteiger partial charge in [0.2, 0.25) is 0 Å². The molecule has 9 aromatic rings. The first-order valence-corrected chi connectivity index (χ1v) is 14.5. The Morgan fingerprint density at radius 1 is 0.310 bits per heavy atom. The first kappa shape index (κ1) is 23.1. The van der Waals surface area contributed by atoms with Crippen molar-refractivity contribution in [2.24, 2.45) is 0 Å². The van der Waals surface area contributed by atoms with E-state index in [2.05, 4.69) is 167 Å². The summed E-state index contributed by atoms with van der Waals surface area (Å²) in [6.07, 6.45) is 0. The summed E-state index contributed by atoms with van der Waals surface area (Å²) in [6, 6.07) is 57.2. The van der Waals surface area contributed by atoms with Gasteiger partial charge in [0.05, 0.1) is 22.1 Å². The van der Waals surface area contributed by atoms with E-state index in [1.165, 1.54) is 76.9 Å². The number of hydrogen-bond donors (Lipinski definition) is 0. The van der Waals surface area contributed by atoms with Gasteiger partial charge in [-0.1, -0.05) is 109 Å². The molecule has 2 aromatic heterocycles. The molecule has 0 saturated heterocycles. The van der Waals surface area contributed by atoms with Crippen molar-refractivity contribution in [3.63, 3.8) is 0 Å². The Hall–Kier alpha value is -5.60. The number of nitrogens with zero attached hydrogens (tertiary/aromatic N) is 2. The Bertz CT molecular complexity index is 2440. The minimum Gasteiger partial charge on any atom is -0.309 e. The van der Waals surface area contributed by atoms with Crippen LogP contribution in [0.15, 0.2) is 158 Å². The van der Waals surface area contributed by atoms with E-state index in [0.29, 0.717) is 0 Å². The molecule has 2 heteroatoms. The summed E-state index contributed by atoms with van der Waals surface area (Å²) in [5, 5.41) is 7.58. The van der Waals surface area contributed by atoms with E-state index in [-0.39, 0.29) is 0 Å². The van der Waals surface area contributed by atoms with E-state index in [1.807, 2.05) is 0 Å². The maximum Gasteiger partial charge on any atom is 0.0562 e. The van der Waals surface area contributed by atoms with E-state index in [4.69, 9.17) is 0 Å². The molecule has 2 nitrogen and oxygen atoms in total. The number of para-hydroxylation sites is 3. The van der Waals surface area contributed by atoms with Crippen LogP contribution in [0.1, 0.15) is 0 Å². The van der Waals surface area contributed by atoms with Crippen LogP contribution in [0.5, 0.6) is 0 Å². The van der Waals surface area contributed by atoms with Crippen molar-refractivity contribution >= 4 is 54.4 Å². The molecule has 0 spiro atoms. The molecule has 0 bridgehead atoms. The van der Waals surface area contributed by atoms with Crippen LogP contribution in [0.4, 0.5) is 0 Å². The average Bonchev–Trinajstić information content (AvgIpc) is 3.56. The second-order valence-corrected chi connectivity index (χ2v) is 11.0. The average molecular weight is 535 g/mol. The van der Waals surface area contributed by atoms with Gasteiger partial charge in [-0.25, -0.2) is 0 Å². The lowest BCUT2D eigenvalue weighted by atomic mass is 9.98. The van der Waals surface area contributed by atoms with Crippen molar-refractivity contribution in [2.45, 2.75) is 0 Å². The lowest BCUT2D eigenvalue weighted by molar-refractivity contribution is 1.17. The molecule has 0 aliphatic carbocycles. The minimum absolute atomic E-state index is 1.17. The van der Waals surface area contributed by atoms with Crippen LogP contribution in [-0.4, -0.2) is 9.13 Å². The van der Waals surface area contributed by atoms with E-state index in [0.717, 1.165) is 0 Å². The van der Waals surface area contributed by atoms with Crippen molar-refractivity contribution in [3.8, 4) is 22.5 Å². The third-order valence-corrected chi connectivity index (χ3v) is 8.69. The molecule has 0 unspecified atom stereocenters. The Labute approximate surface area is 243 Å². The quantitative estimate of drug-likeness (QED) is 0.213. The highest BCUT2D eigenvalue weighted by atomic mass is 15.0. The molecule has 0 atom stereocenters. The molecule has 0 radical (unpaired) electrons. The lowest BCUT2D eigenvalue weighted by Crippen LogP contribution is -1.96. The number of aromatic nitrogens is 2. The van der Waals surface area contributed by atoms with Crippen LogP contribution in [0.2, 0.25) is 0 Å². The van der Waals surface area contributed by atoms with Crippen LogP contribution in [0.3, 0.4) is 0 Å². The largest absolute Gasteiger partial charge is 0.309 e. The second-order valence-electron chi connectivity index (χ2n) is 11.0. The molecule has 0 aliphatic heterocycles. The summed E-state index contributed by atoms with van der Waals surface area (Å²) >= 11 is 0. The Morgan fingerprint density at radius 3 is 1.60 bits per heavy atom. The predicted octanol–water partition coefficient (Wildman–Crippen LogP) is 10.7. The first-order chi connectivity index (χ1) is 20.8. The Kier molecular flexibility index (Phi) is 4.93. The molecule has 0 saturated carbocycles. The van der Waals surface area contributed by atoms with E-state index in [1.54, 1.807) is 0 Å². The fraction of sp³-hybridized carbons (Fsp3) is 0. The summed E-state index contributed by atoms with van der Waals surface area (Å²) in [6.45, 7) is 0. The van der Waals surface area contributed by atoms with Crippen LogP contribution in [0, 0.1) is 0 Å². The van der Waals surface area contributed by atoms with Crippen LogP contribution in [-0.2, 0) is 0 Å². The van der Waals surface area contributed by atoms with E-state index in [9.17, 15) is 0 Å². The zero-order valence-electron chi connectivity index (χ0n) is 22.9. The number of benzene rings is 7. The van der Waals surface area contributed by atoms with Gasteiger partial charge < -0.3 is 9.13 Å². The topological polar surface area (TPSA) is 9.86 Å². The molecule has 42 heavy (non-hydrogen) atoms. The van der Waals surface area contributed by atoms with Crippen molar-refractivity contribution in [2.75, 3.05) is 0 Å². The fourth-order valence-corrected chi connectivity index (χ4v) is 6.84. The third-order valence-electron chi connectivity index (χ3n) is 8.69. The van der Waals surface area contributed by atoms with Gasteiger partial charge in [-0.15, -0.1) is 0 Å². The molecule has 7 aromatic carbocycles. The summed E-state index contributed by atoms with van der Waals surface area (Å²) in [7, 11) is 0. The van der Waals surface area contributed by atoms with Gasteiger partial charge in [0.15, 0.2) is 0 Å². The van der Waals surface area contributed by atoms with Gasteiger partial charge in [-0.05, 0) is 70.4 Å². The molecular formula is C40H26N2. The van der Waals surface area contributed by atoms with Gasteiger partial charge in [-0.3, -0.25) is 0 Å². The highest BCUT2D eigenvalue weighted by Gasteiger charge is 2.18. The maximum absolute atomic E-state index is 2.44. The zero-order chi connectivity index (χ0) is 27.6. The van der Waals surface area contributed by atoms with Crippen LogP contribution >= 0.6 is 0 Å². The number of hydrogen-bond acceptors (Lipinski definition) is 0. The molecule has 0 N–H and O–H groups in total. The van der Waals surface area contributed by atoms with Crippen molar-refractivity contribution in [1.29, 1.82) is 0 Å². The van der Waals surface area contributed by atoms with E-state index >= 15 is 0 Å². The highest BCUT2D eigenvalue weighted by molar-refractivity contribution is 6.19. The molecule has 0 fully saturated rings. The summed E-state index contributed by atoms with van der Waals surface area (Å²) in [5.74, 6) is 0. The number of rotatable bonds is 3. The van der Waals surface area contributed by atoms with E-state index < -0.39 is 0 Å². The zero-order valence-corrected chi connectivity index (χ0v) is 22.9. The second kappa shape index (κ2) is 8.95. The lowest BCUT2D eigenvalue weighted by Gasteiger charge is -2.12. The van der Waals surface area contributed by atoms with Crippen molar-refractivity contribution < 1.29 is 0 Å². The van der Waals surface area contributed by atoms with Gasteiger partial charge in [0.25, 0.3) is 0 Å². The Balaban J connectivity index is 1.37. The van der Waals surface area contributed by atoms with Gasteiger partial charge in [-0.2, -0.15) is 0 Å². The summed E-state index contributed by atoms with van der Waals surface area (Å²) in [4.78, 5) is 0. The highest BCUT2D eigenvalue weighted by Crippen LogP contribution is 2.40. The predicted molar refractivity (Wildman–Crippen MR) is 178 cm³/mol. The van der Waals surface area contributed by atoms with Crippen molar-refractivity contribution in [1.82, 2.24) is 9.13 Å². The van der Waals surface area contributed by atoms with Crippen molar-refractivity contribution in [3.05, 3.63) is 158 Å². The molecule has 9 rings (SSSR count). The molecule has 0 aliphatic rings. The minimum atomic E-state index is 1.17. The molecule has 2 heterocycles. The normalized spacial score (nSPS) is 11.8. The SMILES string of the molecule is c1ccc(-c2cccc3cc(-n4c5ccccc5c5cc6c7ccccc7n(-c7ccccc7)c6cc54)ccc23)cc1. The molecular weight excluding hydrogens is 508 g/mol. The smallest absolute Gasteiger partial charge is 0.0562 e. The maximum atomic E-state index is 2.44. The summed E-state index contributed by atoms with van der Waals surface area (Å²) in [5.41, 5.74) is 9.70. The molecule has 196 valence electrons. The summed E-state index contributed by atoms with van der Waals surface area (Å²) < 4.78 is 4.84.